The van der Waals surface area contributed by atoms with Crippen LogP contribution in [0, 0.1) is 0 Å². The monoisotopic (exact) mass is 246 g/mol. The highest BCUT2D eigenvalue weighted by molar-refractivity contribution is 7.99. The average Bonchev–Trinajstić information content (AvgIpc) is 2.12. The fraction of sp³-hybridized carbons (Fsp3) is 0.875. The van der Waals surface area contributed by atoms with Crippen molar-refractivity contribution in [3.8, 4) is 0 Å². The summed E-state index contributed by atoms with van der Waals surface area (Å²) in [6, 6.07) is 0. The molecule has 0 aliphatic carbocycles. The van der Waals surface area contributed by atoms with Gasteiger partial charge in [-0.15, -0.1) is 0 Å². The van der Waals surface area contributed by atoms with E-state index in [1.807, 2.05) is 0 Å². The number of thioether (sulfide) groups is 1. The van der Waals surface area contributed by atoms with Crippen LogP contribution in [-0.2, 0) is 9.53 Å². The minimum absolute atomic E-state index is 0.0335. The maximum absolute atomic E-state index is 11.9. The number of rotatable bonds is 5. The van der Waals surface area contributed by atoms with Gasteiger partial charge < -0.3 is 9.84 Å². The Kier molecular flexibility index (Phi) is 6.04. The summed E-state index contributed by atoms with van der Waals surface area (Å²) in [5.74, 6) is -0.946. The molecule has 0 aliphatic heterocycles. The summed E-state index contributed by atoms with van der Waals surface area (Å²) in [4.78, 5) is 10.7. The van der Waals surface area contributed by atoms with Crippen LogP contribution in [0.3, 0.4) is 0 Å². The Hall–Kier alpha value is -0.430. The summed E-state index contributed by atoms with van der Waals surface area (Å²) in [5, 5.41) is 8.35. The third-order valence-corrected chi connectivity index (χ3v) is 2.84. The number of esters is 1. The minimum atomic E-state index is -4.60. The molecule has 0 rings (SSSR count). The molecule has 0 bridgehead atoms. The summed E-state index contributed by atoms with van der Waals surface area (Å²) in [6.45, 7) is 1.60. The van der Waals surface area contributed by atoms with Gasteiger partial charge in [0, 0.05) is 11.0 Å². The Morgan fingerprint density at radius 2 is 2.07 bits per heavy atom. The number of carbonyl (C=O) groups excluding carboxylic acids is 1. The number of hydrogen-bond acceptors (Lipinski definition) is 4. The highest BCUT2D eigenvalue weighted by atomic mass is 32.2. The van der Waals surface area contributed by atoms with E-state index in [4.69, 9.17) is 5.11 Å². The normalized spacial score (nSPS) is 15.9. The Morgan fingerprint density at radius 1 is 1.53 bits per heavy atom. The first kappa shape index (κ1) is 14.6. The van der Waals surface area contributed by atoms with Crippen molar-refractivity contribution in [2.75, 3.05) is 12.9 Å². The maximum atomic E-state index is 11.9. The number of halogens is 3. The first-order valence-corrected chi connectivity index (χ1v) is 5.25. The smallest absolute Gasteiger partial charge is 0.415 e. The van der Waals surface area contributed by atoms with Crippen molar-refractivity contribution in [3.63, 3.8) is 0 Å². The molecule has 3 nitrogen and oxygen atoms in total. The highest BCUT2D eigenvalue weighted by Crippen LogP contribution is 2.25. The molecular formula is C8H13F3O3S. The number of ether oxygens (including phenoxy) is 1. The van der Waals surface area contributed by atoms with Gasteiger partial charge in [-0.2, -0.15) is 24.9 Å². The lowest BCUT2D eigenvalue weighted by molar-refractivity contribution is -0.195. The fourth-order valence-electron chi connectivity index (χ4n) is 0.727. The number of methoxy groups -OCH3 is 1. The first-order valence-electron chi connectivity index (χ1n) is 4.20. The predicted molar refractivity (Wildman–Crippen MR) is 50.6 cm³/mol. The molecule has 0 heterocycles. The Labute approximate surface area is 90.0 Å². The molecule has 0 radical (unpaired) electrons. The highest BCUT2D eigenvalue weighted by Gasteiger charge is 2.38. The SMILES string of the molecule is COC(=O)CC(C)SCC(O)C(F)(F)F. The molecule has 90 valence electrons. The van der Waals surface area contributed by atoms with Gasteiger partial charge in [-0.25, -0.2) is 0 Å². The van der Waals surface area contributed by atoms with Gasteiger partial charge in [0.05, 0.1) is 13.5 Å². The number of aliphatic hydroxyl groups excluding tert-OH is 1. The van der Waals surface area contributed by atoms with Crippen LogP contribution in [0.25, 0.3) is 0 Å². The second kappa shape index (κ2) is 6.22. The number of carbonyl (C=O) groups is 1. The second-order valence-electron chi connectivity index (χ2n) is 2.98. The zero-order chi connectivity index (χ0) is 12.1. The Morgan fingerprint density at radius 3 is 2.47 bits per heavy atom. The van der Waals surface area contributed by atoms with Crippen LogP contribution in [-0.4, -0.2) is 41.5 Å². The molecule has 0 spiro atoms. The van der Waals surface area contributed by atoms with Crippen LogP contribution in [0.2, 0.25) is 0 Å². The van der Waals surface area contributed by atoms with E-state index in [1.54, 1.807) is 6.92 Å². The van der Waals surface area contributed by atoms with Crippen LogP contribution in [0.15, 0.2) is 0 Å². The first-order chi connectivity index (χ1) is 6.77. The lowest BCUT2D eigenvalue weighted by Crippen LogP contribution is -2.31. The molecular weight excluding hydrogens is 233 g/mol. The lowest BCUT2D eigenvalue weighted by Gasteiger charge is -2.16. The molecule has 0 aromatic heterocycles. The number of hydrogen-bond donors (Lipinski definition) is 1. The quantitative estimate of drug-likeness (QED) is 0.748. The van der Waals surface area contributed by atoms with Crippen LogP contribution in [0.1, 0.15) is 13.3 Å². The summed E-state index contributed by atoms with van der Waals surface area (Å²) >= 11 is 0.884. The van der Waals surface area contributed by atoms with Crippen molar-refractivity contribution in [2.24, 2.45) is 0 Å². The molecule has 0 saturated heterocycles. The Bertz CT molecular complexity index is 208. The van der Waals surface area contributed by atoms with Crippen molar-refractivity contribution >= 4 is 17.7 Å². The zero-order valence-electron chi connectivity index (χ0n) is 8.37. The second-order valence-corrected chi connectivity index (χ2v) is 4.45. The standard InChI is InChI=1S/C8H13F3O3S/c1-5(3-7(13)14-2)15-4-6(12)8(9,10)11/h5-6,12H,3-4H2,1-2H3. The van der Waals surface area contributed by atoms with Gasteiger partial charge in [0.25, 0.3) is 0 Å². The molecule has 7 heteroatoms. The third-order valence-electron chi connectivity index (χ3n) is 1.60. The van der Waals surface area contributed by atoms with Crippen LogP contribution in [0.4, 0.5) is 13.2 Å². The zero-order valence-corrected chi connectivity index (χ0v) is 9.19. The van der Waals surface area contributed by atoms with Gasteiger partial charge >= 0.3 is 12.1 Å². The topological polar surface area (TPSA) is 46.5 Å². The van der Waals surface area contributed by atoms with Gasteiger partial charge in [0.1, 0.15) is 0 Å². The van der Waals surface area contributed by atoms with Crippen molar-refractivity contribution in [1.29, 1.82) is 0 Å². The van der Waals surface area contributed by atoms with E-state index < -0.39 is 24.0 Å². The summed E-state index contributed by atoms with van der Waals surface area (Å²) in [6.07, 6.45) is -6.91. The number of aliphatic hydroxyl groups is 1. The van der Waals surface area contributed by atoms with E-state index in [2.05, 4.69) is 4.74 Å². The molecule has 2 unspecified atom stereocenters. The molecule has 1 N–H and O–H groups in total. The summed E-state index contributed by atoms with van der Waals surface area (Å²) in [7, 11) is 1.21. The van der Waals surface area contributed by atoms with E-state index in [1.165, 1.54) is 7.11 Å². The molecule has 0 saturated carbocycles. The van der Waals surface area contributed by atoms with E-state index in [9.17, 15) is 18.0 Å². The summed E-state index contributed by atoms with van der Waals surface area (Å²) in [5.41, 5.74) is 0. The van der Waals surface area contributed by atoms with E-state index in [0.29, 0.717) is 0 Å². The van der Waals surface area contributed by atoms with Crippen molar-refractivity contribution in [2.45, 2.75) is 30.9 Å². The average molecular weight is 246 g/mol. The molecule has 0 aromatic rings. The Balaban J connectivity index is 3.81. The molecule has 2 atom stereocenters. The van der Waals surface area contributed by atoms with Crippen molar-refractivity contribution < 1.29 is 27.8 Å². The van der Waals surface area contributed by atoms with Crippen LogP contribution in [0.5, 0.6) is 0 Å². The fourth-order valence-corrected chi connectivity index (χ4v) is 1.68. The van der Waals surface area contributed by atoms with Crippen LogP contribution < -0.4 is 0 Å². The van der Waals surface area contributed by atoms with Crippen LogP contribution >= 0.6 is 11.8 Å². The number of alkyl halides is 3. The van der Waals surface area contributed by atoms with E-state index in [0.717, 1.165) is 11.8 Å². The molecule has 0 aromatic carbocycles. The van der Waals surface area contributed by atoms with Crippen molar-refractivity contribution in [1.82, 2.24) is 0 Å². The molecule has 15 heavy (non-hydrogen) atoms. The molecule has 0 amide bonds. The maximum Gasteiger partial charge on any atom is 0.415 e. The van der Waals surface area contributed by atoms with Gasteiger partial charge in [-0.1, -0.05) is 6.92 Å². The van der Waals surface area contributed by atoms with Gasteiger partial charge in [-0.3, -0.25) is 4.79 Å². The molecule has 0 aliphatic rings. The molecule has 0 fully saturated rings. The van der Waals surface area contributed by atoms with Gasteiger partial charge in [0.2, 0.25) is 0 Å². The minimum Gasteiger partial charge on any atom is -0.469 e. The largest absolute Gasteiger partial charge is 0.469 e. The lowest BCUT2D eigenvalue weighted by atomic mass is 10.3. The van der Waals surface area contributed by atoms with E-state index in [-0.39, 0.29) is 11.7 Å². The summed E-state index contributed by atoms with van der Waals surface area (Å²) < 4.78 is 40.0. The van der Waals surface area contributed by atoms with Gasteiger partial charge in [-0.05, 0) is 0 Å². The van der Waals surface area contributed by atoms with E-state index >= 15 is 0 Å². The predicted octanol–water partition coefficient (Wildman–Crippen LogP) is 1.59. The van der Waals surface area contributed by atoms with Gasteiger partial charge in [0.15, 0.2) is 6.10 Å². The third kappa shape index (κ3) is 6.62. The van der Waals surface area contributed by atoms with Crippen molar-refractivity contribution in [3.05, 3.63) is 0 Å².